The molecule has 0 radical (unpaired) electrons. The summed E-state index contributed by atoms with van der Waals surface area (Å²) in [5, 5.41) is 2.98. The number of amides is 2. The van der Waals surface area contributed by atoms with Gasteiger partial charge in [-0.15, -0.1) is 11.8 Å². The van der Waals surface area contributed by atoms with Gasteiger partial charge in [-0.05, 0) is 86.7 Å². The molecule has 0 aliphatic carbocycles. The minimum atomic E-state index is -4.15. The monoisotopic (exact) mass is 707 g/mol. The summed E-state index contributed by atoms with van der Waals surface area (Å²) in [7, 11) is -4.15. The number of hydrogen-bond acceptors (Lipinski definition) is 5. The second-order valence-corrected chi connectivity index (χ2v) is 14.7. The van der Waals surface area contributed by atoms with Gasteiger partial charge < -0.3 is 10.2 Å². The van der Waals surface area contributed by atoms with Crippen molar-refractivity contribution in [2.45, 2.75) is 55.6 Å². The molecule has 0 aliphatic heterocycles. The lowest BCUT2D eigenvalue weighted by Crippen LogP contribution is -2.54. The summed E-state index contributed by atoms with van der Waals surface area (Å²) < 4.78 is 30.4. The molecule has 4 aromatic carbocycles. The second kappa shape index (κ2) is 15.6. The summed E-state index contributed by atoms with van der Waals surface area (Å²) >= 11 is 4.97. The molecule has 45 heavy (non-hydrogen) atoms. The second-order valence-electron chi connectivity index (χ2n) is 11.0. The van der Waals surface area contributed by atoms with Crippen molar-refractivity contribution in [1.29, 1.82) is 0 Å². The summed E-state index contributed by atoms with van der Waals surface area (Å²) in [6.07, 6.45) is 2.18. The first-order valence-electron chi connectivity index (χ1n) is 14.6. The molecule has 1 N–H and O–H groups in total. The maximum atomic E-state index is 14.5. The highest BCUT2D eigenvalue weighted by Crippen LogP contribution is 2.27. The minimum Gasteiger partial charge on any atom is -0.352 e. The third-order valence-electron chi connectivity index (χ3n) is 7.22. The molecule has 1 atom stereocenters. The van der Waals surface area contributed by atoms with Gasteiger partial charge in [-0.2, -0.15) is 0 Å². The number of benzene rings is 4. The van der Waals surface area contributed by atoms with Crippen LogP contribution in [0.25, 0.3) is 0 Å². The van der Waals surface area contributed by atoms with Crippen LogP contribution in [0.15, 0.2) is 117 Å². The highest BCUT2D eigenvalue weighted by atomic mass is 79.9. The predicted molar refractivity (Wildman–Crippen MR) is 186 cm³/mol. The van der Waals surface area contributed by atoms with E-state index in [1.807, 2.05) is 93.8 Å². The number of anilines is 1. The van der Waals surface area contributed by atoms with Gasteiger partial charge in [0.25, 0.3) is 10.0 Å². The molecular formula is C35H38BrN3O4S2. The van der Waals surface area contributed by atoms with E-state index in [4.69, 9.17) is 0 Å². The number of nitrogens with zero attached hydrogens (tertiary/aromatic N) is 2. The highest BCUT2D eigenvalue weighted by Gasteiger charge is 2.34. The van der Waals surface area contributed by atoms with Gasteiger partial charge in [-0.1, -0.05) is 76.1 Å². The molecule has 10 heteroatoms. The highest BCUT2D eigenvalue weighted by molar-refractivity contribution is 9.10. The third kappa shape index (κ3) is 9.22. The van der Waals surface area contributed by atoms with Crippen molar-refractivity contribution < 1.29 is 18.0 Å². The molecule has 0 spiro atoms. The van der Waals surface area contributed by atoms with Crippen molar-refractivity contribution in [3.63, 3.8) is 0 Å². The van der Waals surface area contributed by atoms with Gasteiger partial charge in [-0.3, -0.25) is 13.9 Å². The van der Waals surface area contributed by atoms with E-state index in [-0.39, 0.29) is 29.8 Å². The smallest absolute Gasteiger partial charge is 0.264 e. The summed E-state index contributed by atoms with van der Waals surface area (Å²) in [6.45, 7) is 5.26. The third-order valence-corrected chi connectivity index (χ3v) is 10.3. The van der Waals surface area contributed by atoms with Crippen molar-refractivity contribution in [3.8, 4) is 0 Å². The summed E-state index contributed by atoms with van der Waals surface area (Å²) in [5.74, 6) is -0.806. The van der Waals surface area contributed by atoms with Crippen LogP contribution in [0.1, 0.15) is 30.5 Å². The van der Waals surface area contributed by atoms with Gasteiger partial charge in [0.05, 0.1) is 10.6 Å². The number of rotatable bonds is 13. The Balaban J connectivity index is 1.79. The van der Waals surface area contributed by atoms with Gasteiger partial charge in [0.1, 0.15) is 12.6 Å². The molecule has 0 aliphatic rings. The topological polar surface area (TPSA) is 86.8 Å². The first-order valence-corrected chi connectivity index (χ1v) is 18.1. The van der Waals surface area contributed by atoms with Crippen molar-refractivity contribution in [2.75, 3.05) is 17.1 Å². The molecule has 0 fully saturated rings. The molecule has 0 unspecified atom stereocenters. The number of sulfonamides is 1. The molecule has 0 heterocycles. The first kappa shape index (κ1) is 34.3. The van der Waals surface area contributed by atoms with Gasteiger partial charge in [0.15, 0.2) is 0 Å². The van der Waals surface area contributed by atoms with Crippen LogP contribution in [0.2, 0.25) is 0 Å². The molecule has 7 nitrogen and oxygen atoms in total. The number of carbonyl (C=O) groups is 2. The molecule has 0 saturated carbocycles. The first-order chi connectivity index (χ1) is 21.5. The Labute approximate surface area is 279 Å². The van der Waals surface area contributed by atoms with Gasteiger partial charge in [0.2, 0.25) is 11.8 Å². The Morgan fingerprint density at radius 1 is 0.844 bits per heavy atom. The minimum absolute atomic E-state index is 0.0755. The number of hydrogen-bond donors (Lipinski definition) is 1. The van der Waals surface area contributed by atoms with Crippen LogP contribution in [-0.2, 0) is 32.6 Å². The van der Waals surface area contributed by atoms with Crippen LogP contribution < -0.4 is 9.62 Å². The number of thioether (sulfide) groups is 1. The molecular weight excluding hydrogens is 670 g/mol. The van der Waals surface area contributed by atoms with Crippen LogP contribution >= 0.6 is 27.7 Å². The lowest BCUT2D eigenvalue weighted by Gasteiger charge is -2.34. The van der Waals surface area contributed by atoms with Crippen LogP contribution in [0.4, 0.5) is 5.69 Å². The van der Waals surface area contributed by atoms with E-state index in [1.54, 1.807) is 36.4 Å². The van der Waals surface area contributed by atoms with E-state index in [0.29, 0.717) is 5.69 Å². The zero-order chi connectivity index (χ0) is 32.6. The maximum Gasteiger partial charge on any atom is 0.264 e. The Morgan fingerprint density at radius 2 is 1.47 bits per heavy atom. The van der Waals surface area contributed by atoms with Crippen molar-refractivity contribution in [2.24, 2.45) is 0 Å². The van der Waals surface area contributed by atoms with E-state index >= 15 is 0 Å². The van der Waals surface area contributed by atoms with Crippen LogP contribution in [0.5, 0.6) is 0 Å². The standard InChI is InChI=1S/C35H38BrN3O4S2/c1-25(2)37-35(41)33(22-27-8-6-5-7-9-27)38(23-28-12-14-29(36)15-13-28)34(40)24-39(30-16-10-26(3)11-17-30)45(42,43)32-20-18-31(44-4)19-21-32/h5-21,25,33H,22-24H2,1-4H3,(H,37,41)/t33-/m0/s1. The fourth-order valence-corrected chi connectivity index (χ4v) is 6.92. The summed E-state index contributed by atoms with van der Waals surface area (Å²) in [4.78, 5) is 30.8. The van der Waals surface area contributed by atoms with Gasteiger partial charge in [-0.25, -0.2) is 8.42 Å². The molecule has 4 rings (SSSR count). The lowest BCUT2D eigenvalue weighted by atomic mass is 10.0. The number of nitrogens with one attached hydrogen (secondary N) is 1. The van der Waals surface area contributed by atoms with E-state index in [0.717, 1.165) is 30.4 Å². The number of aryl methyl sites for hydroxylation is 1. The zero-order valence-electron chi connectivity index (χ0n) is 25.8. The Morgan fingerprint density at radius 3 is 2.04 bits per heavy atom. The number of halogens is 1. The number of carbonyl (C=O) groups excluding carboxylic acids is 2. The summed E-state index contributed by atoms with van der Waals surface area (Å²) in [5.41, 5.74) is 3.00. The Bertz CT molecular complexity index is 1680. The van der Waals surface area contributed by atoms with Gasteiger partial charge in [0, 0.05) is 28.4 Å². The molecule has 0 aromatic heterocycles. The lowest BCUT2D eigenvalue weighted by molar-refractivity contribution is -0.140. The zero-order valence-corrected chi connectivity index (χ0v) is 29.0. The quantitative estimate of drug-likeness (QED) is 0.154. The molecule has 2 amide bonds. The van der Waals surface area contributed by atoms with Crippen molar-refractivity contribution in [1.82, 2.24) is 10.2 Å². The summed E-state index contributed by atoms with van der Waals surface area (Å²) in [6, 6.07) is 29.6. The fourth-order valence-electron chi connectivity index (χ4n) is 4.84. The van der Waals surface area contributed by atoms with Crippen LogP contribution in [-0.4, -0.2) is 50.0 Å². The molecule has 236 valence electrons. The molecule has 0 bridgehead atoms. The largest absolute Gasteiger partial charge is 0.352 e. The van der Waals surface area contributed by atoms with E-state index in [2.05, 4.69) is 21.2 Å². The van der Waals surface area contributed by atoms with E-state index in [1.165, 1.54) is 16.7 Å². The predicted octanol–water partition coefficient (Wildman–Crippen LogP) is 6.84. The normalized spacial score (nSPS) is 12.0. The van der Waals surface area contributed by atoms with Crippen LogP contribution in [0, 0.1) is 6.92 Å². The average molecular weight is 709 g/mol. The Kier molecular flexibility index (Phi) is 11.9. The SMILES string of the molecule is CSc1ccc(S(=O)(=O)N(CC(=O)N(Cc2ccc(Br)cc2)[C@@H](Cc2ccccc2)C(=O)NC(C)C)c2ccc(C)cc2)cc1. The fraction of sp³-hybridized carbons (Fsp3) is 0.257. The van der Waals surface area contributed by atoms with Gasteiger partial charge >= 0.3 is 0 Å². The maximum absolute atomic E-state index is 14.5. The van der Waals surface area contributed by atoms with Crippen LogP contribution in [0.3, 0.4) is 0 Å². The van der Waals surface area contributed by atoms with E-state index < -0.39 is 28.5 Å². The van der Waals surface area contributed by atoms with Crippen molar-refractivity contribution in [3.05, 3.63) is 124 Å². The molecule has 4 aromatic rings. The average Bonchev–Trinajstić information content (AvgIpc) is 3.03. The van der Waals surface area contributed by atoms with E-state index in [9.17, 15) is 18.0 Å². The Hall–Kier alpha value is -3.60. The molecule has 0 saturated heterocycles. The van der Waals surface area contributed by atoms with Crippen molar-refractivity contribution >= 4 is 55.2 Å².